The van der Waals surface area contributed by atoms with E-state index in [9.17, 15) is 8.78 Å². The molecule has 4 fully saturated rings. The molecule has 0 aliphatic heterocycles. The molecule has 4 saturated carbocycles. The molecule has 0 bridgehead atoms. The molecule has 0 heterocycles. The number of hydrogen-bond acceptors (Lipinski definition) is 0. The normalized spacial score (nSPS) is 50.3. The summed E-state index contributed by atoms with van der Waals surface area (Å²) in [7, 11) is 0. The minimum atomic E-state index is -2.37. The summed E-state index contributed by atoms with van der Waals surface area (Å²) in [4.78, 5) is 0. The summed E-state index contributed by atoms with van der Waals surface area (Å²) in [5.74, 6) is 3.51. The first-order valence-electron chi connectivity index (χ1n) is 9.84. The molecule has 7 unspecified atom stereocenters. The molecule has 0 amide bonds. The van der Waals surface area contributed by atoms with Gasteiger partial charge in [-0.1, -0.05) is 26.7 Å². The van der Waals surface area contributed by atoms with Gasteiger partial charge in [0.2, 0.25) is 5.92 Å². The summed E-state index contributed by atoms with van der Waals surface area (Å²) in [6.45, 7) is 4.70. The molecule has 4 rings (SSSR count). The highest BCUT2D eigenvalue weighted by Crippen LogP contribution is 2.62. The van der Waals surface area contributed by atoms with Crippen LogP contribution >= 0.6 is 0 Å². The predicted molar refractivity (Wildman–Crippen MR) is 85.8 cm³/mol. The summed E-state index contributed by atoms with van der Waals surface area (Å²) >= 11 is 0. The van der Waals surface area contributed by atoms with Gasteiger partial charge in [-0.15, -0.1) is 0 Å². The smallest absolute Gasteiger partial charge is 0.207 e. The molecule has 4 aliphatic carbocycles. The van der Waals surface area contributed by atoms with Gasteiger partial charge < -0.3 is 0 Å². The zero-order valence-corrected chi connectivity index (χ0v) is 14.2. The Balaban J connectivity index is 1.62. The fourth-order valence-corrected chi connectivity index (χ4v) is 7.28. The van der Waals surface area contributed by atoms with Crippen LogP contribution in [-0.4, -0.2) is 5.92 Å². The molecule has 0 N–H and O–H groups in total. The Morgan fingerprint density at radius 1 is 0.864 bits per heavy atom. The third kappa shape index (κ3) is 2.44. The molecule has 22 heavy (non-hydrogen) atoms. The van der Waals surface area contributed by atoms with Gasteiger partial charge in [0.25, 0.3) is 0 Å². The van der Waals surface area contributed by atoms with Crippen molar-refractivity contribution in [2.45, 2.75) is 77.6 Å². The summed E-state index contributed by atoms with van der Waals surface area (Å²) in [6.07, 6.45) is 9.32. The first-order valence-corrected chi connectivity index (χ1v) is 9.84. The van der Waals surface area contributed by atoms with E-state index >= 15 is 0 Å². The molecule has 0 saturated heterocycles. The van der Waals surface area contributed by atoms with Gasteiger partial charge in [0.05, 0.1) is 0 Å². The monoisotopic (exact) mass is 310 g/mol. The van der Waals surface area contributed by atoms with E-state index < -0.39 is 5.92 Å². The number of halogens is 2. The van der Waals surface area contributed by atoms with E-state index in [4.69, 9.17) is 0 Å². The third-order valence-electron chi connectivity index (χ3n) is 8.06. The minimum Gasteiger partial charge on any atom is -0.207 e. The van der Waals surface area contributed by atoms with Crippen LogP contribution in [0.2, 0.25) is 0 Å². The quantitative estimate of drug-likeness (QED) is 0.544. The third-order valence-corrected chi connectivity index (χ3v) is 8.06. The number of fused-ring (bicyclic) bond motifs is 5. The van der Waals surface area contributed by atoms with Crippen LogP contribution in [0.5, 0.6) is 0 Å². The Morgan fingerprint density at radius 3 is 2.45 bits per heavy atom. The lowest BCUT2D eigenvalue weighted by Crippen LogP contribution is -2.51. The summed E-state index contributed by atoms with van der Waals surface area (Å²) in [5.41, 5.74) is 0. The van der Waals surface area contributed by atoms with Crippen LogP contribution in [0.15, 0.2) is 0 Å². The lowest BCUT2D eigenvalue weighted by atomic mass is 9.49. The molecule has 0 aromatic heterocycles. The Morgan fingerprint density at radius 2 is 1.68 bits per heavy atom. The summed E-state index contributed by atoms with van der Waals surface area (Å²) in [5, 5.41) is 0. The zero-order chi connectivity index (χ0) is 15.5. The van der Waals surface area contributed by atoms with E-state index in [0.29, 0.717) is 23.7 Å². The largest absolute Gasteiger partial charge is 0.248 e. The van der Waals surface area contributed by atoms with Gasteiger partial charge in [-0.2, -0.15) is 0 Å². The molecule has 0 aromatic rings. The van der Waals surface area contributed by atoms with Crippen LogP contribution in [0.3, 0.4) is 0 Å². The Kier molecular flexibility index (Phi) is 3.81. The van der Waals surface area contributed by atoms with Crippen molar-refractivity contribution in [1.29, 1.82) is 0 Å². The predicted octanol–water partition coefficient (Wildman–Crippen LogP) is 6.16. The SMILES string of the molecule is CC(C)C1CC2CC(F)(F)CCC2C2CCC3CCCC3C12. The molecule has 0 aromatic carbocycles. The average molecular weight is 310 g/mol. The maximum Gasteiger partial charge on any atom is 0.248 e. The summed E-state index contributed by atoms with van der Waals surface area (Å²) < 4.78 is 27.9. The van der Waals surface area contributed by atoms with E-state index in [-0.39, 0.29) is 12.8 Å². The van der Waals surface area contributed by atoms with Gasteiger partial charge in [0.1, 0.15) is 0 Å². The first kappa shape index (κ1) is 15.4. The van der Waals surface area contributed by atoms with E-state index in [1.165, 1.54) is 32.1 Å². The minimum absolute atomic E-state index is 0.165. The van der Waals surface area contributed by atoms with Gasteiger partial charge in [0.15, 0.2) is 0 Å². The molecule has 0 nitrogen and oxygen atoms in total. The van der Waals surface area contributed by atoms with Gasteiger partial charge in [-0.3, -0.25) is 0 Å². The second-order valence-electron chi connectivity index (χ2n) is 9.34. The van der Waals surface area contributed by atoms with E-state index in [1.807, 2.05) is 0 Å². The molecular weight excluding hydrogens is 278 g/mol. The highest BCUT2D eigenvalue weighted by molar-refractivity contribution is 5.03. The molecule has 126 valence electrons. The van der Waals surface area contributed by atoms with Crippen molar-refractivity contribution < 1.29 is 8.78 Å². The zero-order valence-electron chi connectivity index (χ0n) is 14.2. The average Bonchev–Trinajstić information content (AvgIpc) is 2.92. The Hall–Kier alpha value is -0.140. The molecule has 0 radical (unpaired) electrons. The van der Waals surface area contributed by atoms with Gasteiger partial charge in [-0.05, 0) is 79.4 Å². The van der Waals surface area contributed by atoms with Crippen molar-refractivity contribution in [3.63, 3.8) is 0 Å². The highest BCUT2D eigenvalue weighted by atomic mass is 19.3. The van der Waals surface area contributed by atoms with Crippen LogP contribution in [0.25, 0.3) is 0 Å². The highest BCUT2D eigenvalue weighted by Gasteiger charge is 2.55. The van der Waals surface area contributed by atoms with Crippen LogP contribution in [0.4, 0.5) is 8.78 Å². The van der Waals surface area contributed by atoms with Gasteiger partial charge in [0, 0.05) is 12.8 Å². The standard InChI is InChI=1S/C20H32F2/c1-12(2)18-10-14-11-20(21,22)9-8-15(14)17-7-6-13-4-3-5-16(13)19(17)18/h12-19H,3-11H2,1-2H3. The molecule has 4 aliphatic rings. The van der Waals surface area contributed by atoms with Crippen LogP contribution in [0.1, 0.15) is 71.6 Å². The maximum atomic E-state index is 13.9. The van der Waals surface area contributed by atoms with E-state index in [2.05, 4.69) is 13.8 Å². The molecule has 0 spiro atoms. The fraction of sp³-hybridized carbons (Fsp3) is 1.00. The van der Waals surface area contributed by atoms with E-state index in [1.54, 1.807) is 0 Å². The molecule has 7 atom stereocenters. The lowest BCUT2D eigenvalue weighted by Gasteiger charge is -2.57. The lowest BCUT2D eigenvalue weighted by molar-refractivity contribution is -0.133. The van der Waals surface area contributed by atoms with Gasteiger partial charge >= 0.3 is 0 Å². The number of rotatable bonds is 1. The van der Waals surface area contributed by atoms with Crippen molar-refractivity contribution in [2.75, 3.05) is 0 Å². The van der Waals surface area contributed by atoms with Crippen LogP contribution in [-0.2, 0) is 0 Å². The van der Waals surface area contributed by atoms with Crippen molar-refractivity contribution in [3.05, 3.63) is 0 Å². The number of hydrogen-bond donors (Lipinski definition) is 0. The number of alkyl halides is 2. The Bertz CT molecular complexity index is 416. The second kappa shape index (κ2) is 5.45. The van der Waals surface area contributed by atoms with Crippen molar-refractivity contribution in [2.24, 2.45) is 47.3 Å². The molecule has 2 heteroatoms. The molecular formula is C20H32F2. The van der Waals surface area contributed by atoms with Crippen molar-refractivity contribution >= 4 is 0 Å². The van der Waals surface area contributed by atoms with E-state index in [0.717, 1.165) is 36.5 Å². The fourth-order valence-electron chi connectivity index (χ4n) is 7.28. The van der Waals surface area contributed by atoms with Gasteiger partial charge in [-0.25, -0.2) is 8.78 Å². The maximum absolute atomic E-state index is 13.9. The van der Waals surface area contributed by atoms with Crippen LogP contribution in [0, 0.1) is 47.3 Å². The van der Waals surface area contributed by atoms with Crippen LogP contribution < -0.4 is 0 Å². The Labute approximate surface area is 134 Å². The first-order chi connectivity index (χ1) is 10.5. The topological polar surface area (TPSA) is 0 Å². The second-order valence-corrected chi connectivity index (χ2v) is 9.34. The van der Waals surface area contributed by atoms with Crippen molar-refractivity contribution in [1.82, 2.24) is 0 Å². The van der Waals surface area contributed by atoms with Crippen molar-refractivity contribution in [3.8, 4) is 0 Å². The summed E-state index contributed by atoms with van der Waals surface area (Å²) in [6, 6.07) is 0.